The predicted octanol–water partition coefficient (Wildman–Crippen LogP) is 2.63. The molecule has 3 heteroatoms. The van der Waals surface area contributed by atoms with E-state index in [1.807, 2.05) is 50.3 Å². The second kappa shape index (κ2) is 8.48. The summed E-state index contributed by atoms with van der Waals surface area (Å²) in [6.07, 6.45) is 2.73. The molecule has 3 nitrogen and oxygen atoms in total. The summed E-state index contributed by atoms with van der Waals surface area (Å²) in [5.74, 6) is -0.0182. The largest absolute Gasteiger partial charge is 0.382 e. The molecule has 18 heavy (non-hydrogen) atoms. The first-order valence-electron chi connectivity index (χ1n) is 6.33. The molecule has 1 amide bonds. The van der Waals surface area contributed by atoms with E-state index >= 15 is 0 Å². The zero-order valence-corrected chi connectivity index (χ0v) is 11.1. The average Bonchev–Trinajstić information content (AvgIpc) is 2.39. The van der Waals surface area contributed by atoms with Gasteiger partial charge in [-0.15, -0.1) is 0 Å². The Morgan fingerprint density at radius 2 is 2.06 bits per heavy atom. The summed E-state index contributed by atoms with van der Waals surface area (Å²) in [5.41, 5.74) is 1.76. The first-order chi connectivity index (χ1) is 8.74. The van der Waals surface area contributed by atoms with Crippen LogP contribution < -0.4 is 5.32 Å². The summed E-state index contributed by atoms with van der Waals surface area (Å²) >= 11 is 0. The normalized spacial score (nSPS) is 11.3. The van der Waals surface area contributed by atoms with Gasteiger partial charge in [0.2, 0.25) is 5.91 Å². The maximum Gasteiger partial charge on any atom is 0.246 e. The summed E-state index contributed by atoms with van der Waals surface area (Å²) in [6, 6.07) is 9.83. The molecule has 98 valence electrons. The maximum atomic E-state index is 11.8. The Labute approximate surface area is 109 Å². The molecule has 0 aliphatic heterocycles. The quantitative estimate of drug-likeness (QED) is 0.594. The third kappa shape index (κ3) is 5.64. The minimum absolute atomic E-state index is 0.0182. The van der Waals surface area contributed by atoms with Gasteiger partial charge in [-0.05, 0) is 31.9 Å². The van der Waals surface area contributed by atoms with Crippen molar-refractivity contribution >= 4 is 12.0 Å². The van der Waals surface area contributed by atoms with Gasteiger partial charge in [0.25, 0.3) is 0 Å². The van der Waals surface area contributed by atoms with E-state index in [0.29, 0.717) is 13.2 Å². The molecule has 0 fully saturated rings. The Kier molecular flexibility index (Phi) is 6.81. The third-order valence-electron chi connectivity index (χ3n) is 2.50. The van der Waals surface area contributed by atoms with Crippen LogP contribution in [0.25, 0.3) is 6.08 Å². The van der Waals surface area contributed by atoms with Gasteiger partial charge in [-0.3, -0.25) is 4.79 Å². The third-order valence-corrected chi connectivity index (χ3v) is 2.50. The van der Waals surface area contributed by atoms with Crippen LogP contribution in [0.5, 0.6) is 0 Å². The standard InChI is InChI=1S/C15H21NO2/c1-3-18-11-7-10-16-15(17)13(2)12-14-8-5-4-6-9-14/h4-6,8-9,12H,3,7,10-11H2,1-2H3,(H,16,17)/b13-12+. The maximum absolute atomic E-state index is 11.8. The summed E-state index contributed by atoms with van der Waals surface area (Å²) in [7, 11) is 0. The van der Waals surface area contributed by atoms with E-state index in [2.05, 4.69) is 5.32 Å². The number of ether oxygens (including phenoxy) is 1. The van der Waals surface area contributed by atoms with E-state index in [1.165, 1.54) is 0 Å². The molecule has 1 aromatic rings. The molecule has 0 spiro atoms. The van der Waals surface area contributed by atoms with E-state index < -0.39 is 0 Å². The molecule has 0 saturated heterocycles. The highest BCUT2D eigenvalue weighted by atomic mass is 16.5. The fraction of sp³-hybridized carbons (Fsp3) is 0.400. The lowest BCUT2D eigenvalue weighted by Gasteiger charge is -2.05. The van der Waals surface area contributed by atoms with Crippen molar-refractivity contribution in [1.29, 1.82) is 0 Å². The van der Waals surface area contributed by atoms with Crippen molar-refractivity contribution < 1.29 is 9.53 Å². The number of carbonyl (C=O) groups excluding carboxylic acids is 1. The Balaban J connectivity index is 2.35. The topological polar surface area (TPSA) is 38.3 Å². The van der Waals surface area contributed by atoms with Crippen molar-refractivity contribution in [3.05, 3.63) is 41.5 Å². The van der Waals surface area contributed by atoms with Crippen LogP contribution in [0, 0.1) is 0 Å². The molecule has 0 radical (unpaired) electrons. The Morgan fingerprint density at radius 3 is 2.72 bits per heavy atom. The molecular weight excluding hydrogens is 226 g/mol. The van der Waals surface area contributed by atoms with E-state index in [-0.39, 0.29) is 5.91 Å². The van der Waals surface area contributed by atoms with Gasteiger partial charge in [-0.2, -0.15) is 0 Å². The first kappa shape index (κ1) is 14.5. The fourth-order valence-electron chi connectivity index (χ4n) is 1.52. The van der Waals surface area contributed by atoms with Gasteiger partial charge in [0.1, 0.15) is 0 Å². The van der Waals surface area contributed by atoms with Crippen molar-refractivity contribution in [2.45, 2.75) is 20.3 Å². The van der Waals surface area contributed by atoms with Gasteiger partial charge < -0.3 is 10.1 Å². The highest BCUT2D eigenvalue weighted by molar-refractivity contribution is 5.97. The van der Waals surface area contributed by atoms with Crippen molar-refractivity contribution in [3.8, 4) is 0 Å². The highest BCUT2D eigenvalue weighted by Crippen LogP contribution is 2.05. The Bertz CT molecular complexity index is 385. The second-order valence-electron chi connectivity index (χ2n) is 4.04. The second-order valence-corrected chi connectivity index (χ2v) is 4.04. The summed E-state index contributed by atoms with van der Waals surface area (Å²) in [5, 5.41) is 2.87. The molecular formula is C15H21NO2. The average molecular weight is 247 g/mol. The van der Waals surface area contributed by atoms with Crippen molar-refractivity contribution in [3.63, 3.8) is 0 Å². The van der Waals surface area contributed by atoms with Crippen LogP contribution in [-0.2, 0) is 9.53 Å². The molecule has 0 atom stereocenters. The molecule has 1 aromatic carbocycles. The van der Waals surface area contributed by atoms with E-state index in [4.69, 9.17) is 4.74 Å². The number of carbonyl (C=O) groups is 1. The zero-order valence-electron chi connectivity index (χ0n) is 11.1. The Hall–Kier alpha value is -1.61. The van der Waals surface area contributed by atoms with Gasteiger partial charge in [0, 0.05) is 25.3 Å². The number of hydrogen-bond donors (Lipinski definition) is 1. The van der Waals surface area contributed by atoms with Gasteiger partial charge >= 0.3 is 0 Å². The van der Waals surface area contributed by atoms with Crippen LogP contribution in [0.2, 0.25) is 0 Å². The molecule has 0 unspecified atom stereocenters. The number of amides is 1. The smallest absolute Gasteiger partial charge is 0.246 e. The number of rotatable bonds is 7. The Morgan fingerprint density at radius 1 is 1.33 bits per heavy atom. The first-order valence-corrected chi connectivity index (χ1v) is 6.33. The van der Waals surface area contributed by atoms with E-state index in [1.54, 1.807) is 0 Å². The van der Waals surface area contributed by atoms with Crippen molar-refractivity contribution in [2.75, 3.05) is 19.8 Å². The molecule has 0 saturated carbocycles. The van der Waals surface area contributed by atoms with Crippen LogP contribution in [0.4, 0.5) is 0 Å². The van der Waals surface area contributed by atoms with Crippen LogP contribution in [-0.4, -0.2) is 25.7 Å². The van der Waals surface area contributed by atoms with Gasteiger partial charge in [-0.25, -0.2) is 0 Å². The summed E-state index contributed by atoms with van der Waals surface area (Å²) < 4.78 is 5.21. The number of hydrogen-bond acceptors (Lipinski definition) is 2. The SMILES string of the molecule is CCOCCCNC(=O)/C(C)=C/c1ccccc1. The minimum atomic E-state index is -0.0182. The zero-order chi connectivity index (χ0) is 13.2. The molecule has 0 aliphatic carbocycles. The number of benzene rings is 1. The molecule has 0 aromatic heterocycles. The van der Waals surface area contributed by atoms with Crippen LogP contribution in [0.1, 0.15) is 25.8 Å². The molecule has 1 rings (SSSR count). The lowest BCUT2D eigenvalue weighted by molar-refractivity contribution is -0.117. The van der Waals surface area contributed by atoms with Gasteiger partial charge in [0.05, 0.1) is 0 Å². The van der Waals surface area contributed by atoms with E-state index in [0.717, 1.165) is 24.2 Å². The van der Waals surface area contributed by atoms with Crippen LogP contribution >= 0.6 is 0 Å². The van der Waals surface area contributed by atoms with Gasteiger partial charge in [-0.1, -0.05) is 30.3 Å². The summed E-state index contributed by atoms with van der Waals surface area (Å²) in [4.78, 5) is 11.8. The fourth-order valence-corrected chi connectivity index (χ4v) is 1.52. The molecule has 0 bridgehead atoms. The van der Waals surface area contributed by atoms with Crippen molar-refractivity contribution in [2.24, 2.45) is 0 Å². The highest BCUT2D eigenvalue weighted by Gasteiger charge is 2.02. The molecule has 0 aliphatic rings. The van der Waals surface area contributed by atoms with Gasteiger partial charge in [0.15, 0.2) is 0 Å². The lowest BCUT2D eigenvalue weighted by atomic mass is 10.1. The minimum Gasteiger partial charge on any atom is -0.382 e. The van der Waals surface area contributed by atoms with Crippen LogP contribution in [0.15, 0.2) is 35.9 Å². The monoisotopic (exact) mass is 247 g/mol. The molecule has 1 N–H and O–H groups in total. The number of nitrogens with one attached hydrogen (secondary N) is 1. The van der Waals surface area contributed by atoms with Crippen LogP contribution in [0.3, 0.4) is 0 Å². The lowest BCUT2D eigenvalue weighted by Crippen LogP contribution is -2.25. The van der Waals surface area contributed by atoms with Crippen molar-refractivity contribution in [1.82, 2.24) is 5.32 Å². The predicted molar refractivity (Wildman–Crippen MR) is 74.2 cm³/mol. The van der Waals surface area contributed by atoms with E-state index in [9.17, 15) is 4.79 Å². The molecule has 0 heterocycles. The summed E-state index contributed by atoms with van der Waals surface area (Å²) in [6.45, 7) is 5.86.